The summed E-state index contributed by atoms with van der Waals surface area (Å²) >= 11 is 4.99. The Morgan fingerprint density at radius 3 is 2.48 bits per heavy atom. The number of ether oxygens (including phenoxy) is 1. The Balaban J connectivity index is 1.82. The molecule has 2 aromatic rings. The molecule has 1 saturated heterocycles. The monoisotopic (exact) mass is 444 g/mol. The molecule has 8 heteroatoms. The van der Waals surface area contributed by atoms with Crippen molar-refractivity contribution in [2.24, 2.45) is 0 Å². The van der Waals surface area contributed by atoms with Crippen molar-refractivity contribution in [1.82, 2.24) is 9.62 Å². The molecule has 2 atom stereocenters. The van der Waals surface area contributed by atoms with Crippen LogP contribution in [0.25, 0.3) is 0 Å². The zero-order valence-corrected chi connectivity index (χ0v) is 17.1. The molecular weight excluding hydrogens is 424 g/mol. The van der Waals surface area contributed by atoms with Crippen LogP contribution in [-0.4, -0.2) is 45.7 Å². The van der Waals surface area contributed by atoms with Gasteiger partial charge in [-0.15, -0.1) is 11.3 Å². The van der Waals surface area contributed by atoms with Gasteiger partial charge in [0.1, 0.15) is 0 Å². The fourth-order valence-corrected chi connectivity index (χ4v) is 5.53. The lowest BCUT2D eigenvalue weighted by Crippen LogP contribution is -2.48. The molecule has 1 fully saturated rings. The van der Waals surface area contributed by atoms with Crippen molar-refractivity contribution < 1.29 is 13.2 Å². The second-order valence-corrected chi connectivity index (χ2v) is 9.58. The SMILES string of the molecule is C[C@@H](NS(=O)(=O)c1ccc(Br)cc1)[C@@H](c1cccs1)N1CCOCC1. The number of hydrogen-bond acceptors (Lipinski definition) is 5. The highest BCUT2D eigenvalue weighted by atomic mass is 79.9. The van der Waals surface area contributed by atoms with E-state index in [-0.39, 0.29) is 17.0 Å². The van der Waals surface area contributed by atoms with Crippen LogP contribution >= 0.6 is 27.3 Å². The van der Waals surface area contributed by atoms with Gasteiger partial charge in [0.15, 0.2) is 0 Å². The molecule has 0 bridgehead atoms. The Labute approximate surface area is 161 Å². The first kappa shape index (κ1) is 19.0. The third kappa shape index (κ3) is 4.69. The molecule has 25 heavy (non-hydrogen) atoms. The van der Waals surface area contributed by atoms with Crippen LogP contribution in [0.2, 0.25) is 0 Å². The lowest BCUT2D eigenvalue weighted by molar-refractivity contribution is 0.0113. The first-order valence-corrected chi connectivity index (χ1v) is 11.3. The van der Waals surface area contributed by atoms with Gasteiger partial charge in [-0.2, -0.15) is 0 Å². The van der Waals surface area contributed by atoms with E-state index in [2.05, 4.69) is 31.6 Å². The van der Waals surface area contributed by atoms with Crippen molar-refractivity contribution in [3.63, 3.8) is 0 Å². The van der Waals surface area contributed by atoms with Crippen LogP contribution in [0.3, 0.4) is 0 Å². The van der Waals surface area contributed by atoms with Gasteiger partial charge in [0.2, 0.25) is 10.0 Å². The predicted octanol–water partition coefficient (Wildman–Crippen LogP) is 3.25. The Bertz CT molecular complexity index is 773. The minimum atomic E-state index is -3.58. The third-order valence-corrected chi connectivity index (χ3v) is 7.26. The summed E-state index contributed by atoms with van der Waals surface area (Å²) in [6.07, 6.45) is 0. The van der Waals surface area contributed by atoms with Gasteiger partial charge in [-0.05, 0) is 42.6 Å². The number of sulfonamides is 1. The smallest absolute Gasteiger partial charge is 0.240 e. The standard InChI is InChI=1S/C17H21BrN2O3S2/c1-13(19-25(21,22)15-6-4-14(18)5-7-15)17(16-3-2-12-24-16)20-8-10-23-11-9-20/h2-7,12-13,17,19H,8-11H2,1H3/t13-,17+/m1/s1. The predicted molar refractivity (Wildman–Crippen MR) is 103 cm³/mol. The molecule has 1 aliphatic heterocycles. The third-order valence-electron chi connectivity index (χ3n) is 4.21. The quantitative estimate of drug-likeness (QED) is 0.742. The molecule has 2 heterocycles. The van der Waals surface area contributed by atoms with E-state index in [4.69, 9.17) is 4.74 Å². The topological polar surface area (TPSA) is 58.6 Å². The molecule has 1 N–H and O–H groups in total. The molecule has 136 valence electrons. The summed E-state index contributed by atoms with van der Waals surface area (Å²) in [5, 5.41) is 2.03. The van der Waals surface area contributed by atoms with Gasteiger partial charge < -0.3 is 4.74 Å². The summed E-state index contributed by atoms with van der Waals surface area (Å²) in [6, 6.07) is 10.5. The first-order chi connectivity index (χ1) is 12.0. The van der Waals surface area contributed by atoms with Gasteiger partial charge >= 0.3 is 0 Å². The maximum absolute atomic E-state index is 12.7. The molecule has 1 aliphatic rings. The number of nitrogens with one attached hydrogen (secondary N) is 1. The average Bonchev–Trinajstić information content (AvgIpc) is 3.10. The summed E-state index contributed by atoms with van der Waals surface area (Å²) in [7, 11) is -3.58. The van der Waals surface area contributed by atoms with Gasteiger partial charge in [0.25, 0.3) is 0 Å². The molecule has 0 unspecified atom stereocenters. The minimum Gasteiger partial charge on any atom is -0.379 e. The molecule has 1 aromatic carbocycles. The summed E-state index contributed by atoms with van der Waals surface area (Å²) in [5.74, 6) is 0. The second-order valence-electron chi connectivity index (χ2n) is 5.97. The first-order valence-electron chi connectivity index (χ1n) is 8.10. The summed E-state index contributed by atoms with van der Waals surface area (Å²) in [4.78, 5) is 3.73. The van der Waals surface area contributed by atoms with Crippen molar-refractivity contribution in [1.29, 1.82) is 0 Å². The van der Waals surface area contributed by atoms with Crippen molar-refractivity contribution >= 4 is 37.3 Å². The van der Waals surface area contributed by atoms with E-state index in [9.17, 15) is 8.42 Å². The Hall–Kier alpha value is -0.770. The molecule has 0 saturated carbocycles. The number of hydrogen-bond donors (Lipinski definition) is 1. The molecule has 1 aromatic heterocycles. The summed E-state index contributed by atoms with van der Waals surface area (Å²) < 4.78 is 34.6. The number of morpholine rings is 1. The maximum atomic E-state index is 12.7. The van der Waals surface area contributed by atoms with Crippen LogP contribution < -0.4 is 4.72 Å². The molecule has 3 rings (SSSR count). The van der Waals surface area contributed by atoms with Crippen molar-refractivity contribution in [3.8, 4) is 0 Å². The van der Waals surface area contributed by atoms with E-state index in [1.807, 2.05) is 18.4 Å². The second kappa shape index (κ2) is 8.28. The average molecular weight is 445 g/mol. The minimum absolute atomic E-state index is 0.00544. The van der Waals surface area contributed by atoms with Gasteiger partial charge in [-0.3, -0.25) is 4.90 Å². The normalized spacial score (nSPS) is 18.8. The highest BCUT2D eigenvalue weighted by molar-refractivity contribution is 9.10. The number of rotatable bonds is 6. The zero-order chi connectivity index (χ0) is 17.9. The van der Waals surface area contributed by atoms with E-state index < -0.39 is 10.0 Å². The Kier molecular flexibility index (Phi) is 6.30. The van der Waals surface area contributed by atoms with Crippen LogP contribution in [0.5, 0.6) is 0 Å². The summed E-state index contributed by atoms with van der Waals surface area (Å²) in [5.41, 5.74) is 0. The Morgan fingerprint density at radius 2 is 1.88 bits per heavy atom. The highest BCUT2D eigenvalue weighted by Gasteiger charge is 2.31. The van der Waals surface area contributed by atoms with E-state index in [1.54, 1.807) is 35.6 Å². The lowest BCUT2D eigenvalue weighted by atomic mass is 10.1. The van der Waals surface area contributed by atoms with Crippen LogP contribution in [-0.2, 0) is 14.8 Å². The molecule has 0 spiro atoms. The van der Waals surface area contributed by atoms with E-state index in [0.29, 0.717) is 13.2 Å². The largest absolute Gasteiger partial charge is 0.379 e. The lowest BCUT2D eigenvalue weighted by Gasteiger charge is -2.37. The van der Waals surface area contributed by atoms with Crippen molar-refractivity contribution in [2.45, 2.75) is 23.9 Å². The molecular formula is C17H21BrN2O3S2. The van der Waals surface area contributed by atoms with Crippen LogP contribution in [0.15, 0.2) is 51.1 Å². The zero-order valence-electron chi connectivity index (χ0n) is 13.9. The fourth-order valence-electron chi connectivity index (χ4n) is 3.05. The Morgan fingerprint density at radius 1 is 1.20 bits per heavy atom. The van der Waals surface area contributed by atoms with Gasteiger partial charge in [0.05, 0.1) is 24.2 Å². The molecule has 5 nitrogen and oxygen atoms in total. The summed E-state index contributed by atoms with van der Waals surface area (Å²) in [6.45, 7) is 4.87. The number of benzene rings is 1. The molecule has 0 amide bonds. The number of thiophene rings is 1. The van der Waals surface area contributed by atoms with Crippen LogP contribution in [0, 0.1) is 0 Å². The van der Waals surface area contributed by atoms with E-state index in [1.165, 1.54) is 0 Å². The highest BCUT2D eigenvalue weighted by Crippen LogP contribution is 2.30. The van der Waals surface area contributed by atoms with E-state index >= 15 is 0 Å². The van der Waals surface area contributed by atoms with Crippen molar-refractivity contribution in [3.05, 3.63) is 51.1 Å². The van der Waals surface area contributed by atoms with Crippen molar-refractivity contribution in [2.75, 3.05) is 26.3 Å². The maximum Gasteiger partial charge on any atom is 0.240 e. The molecule has 0 aliphatic carbocycles. The number of halogens is 1. The van der Waals surface area contributed by atoms with Gasteiger partial charge in [-0.1, -0.05) is 22.0 Å². The van der Waals surface area contributed by atoms with Crippen LogP contribution in [0.4, 0.5) is 0 Å². The molecule has 0 radical (unpaired) electrons. The fraction of sp³-hybridized carbons (Fsp3) is 0.412. The van der Waals surface area contributed by atoms with Gasteiger partial charge in [0, 0.05) is 28.5 Å². The van der Waals surface area contributed by atoms with Gasteiger partial charge in [-0.25, -0.2) is 13.1 Å². The van der Waals surface area contributed by atoms with E-state index in [0.717, 1.165) is 22.4 Å². The van der Waals surface area contributed by atoms with Crippen LogP contribution in [0.1, 0.15) is 17.8 Å². The number of nitrogens with zero attached hydrogens (tertiary/aromatic N) is 1.